The maximum absolute atomic E-state index is 12.7. The minimum atomic E-state index is -0.709. The predicted molar refractivity (Wildman–Crippen MR) is 86.9 cm³/mol. The Morgan fingerprint density at radius 2 is 1.86 bits per heavy atom. The molecule has 1 aromatic rings. The number of ether oxygens (including phenoxy) is 1. The van der Waals surface area contributed by atoms with Crippen molar-refractivity contribution < 1.29 is 14.3 Å². The topological polar surface area (TPSA) is 43.4 Å². The van der Waals surface area contributed by atoms with E-state index in [1.165, 1.54) is 23.5 Å². The van der Waals surface area contributed by atoms with Crippen LogP contribution in [-0.4, -0.2) is 23.6 Å². The van der Waals surface area contributed by atoms with E-state index in [4.69, 9.17) is 16.3 Å². The summed E-state index contributed by atoms with van der Waals surface area (Å²) in [4.78, 5) is 25.4. The first kappa shape index (κ1) is 14.8. The van der Waals surface area contributed by atoms with E-state index in [9.17, 15) is 9.59 Å². The minimum Gasteiger partial charge on any atom is -0.481 e. The maximum atomic E-state index is 12.7. The Morgan fingerprint density at radius 1 is 1.14 bits per heavy atom. The van der Waals surface area contributed by atoms with Crippen LogP contribution >= 0.6 is 35.1 Å². The van der Waals surface area contributed by atoms with Gasteiger partial charge in [-0.25, -0.2) is 0 Å². The van der Waals surface area contributed by atoms with Crippen LogP contribution in [0.5, 0.6) is 5.75 Å². The predicted octanol–water partition coefficient (Wildman–Crippen LogP) is 3.99. The third-order valence-corrected chi connectivity index (χ3v) is 5.50. The Bertz CT molecular complexity index is 657. The van der Waals surface area contributed by atoms with E-state index in [0.717, 1.165) is 0 Å². The maximum Gasteiger partial charge on any atom is 0.208 e. The first-order valence-corrected chi connectivity index (χ1v) is 8.65. The van der Waals surface area contributed by atoms with Crippen LogP contribution in [0.15, 0.2) is 44.9 Å². The lowest BCUT2D eigenvalue weighted by Gasteiger charge is -2.15. The number of thioether (sulfide) groups is 2. The SMILES string of the molecule is O=C1C(=C2SC=CS2)C(=O)C(CCCl)Oc2ccccc21. The molecule has 0 fully saturated rings. The first-order valence-electron chi connectivity index (χ1n) is 6.35. The van der Waals surface area contributed by atoms with E-state index in [-0.39, 0.29) is 17.1 Å². The van der Waals surface area contributed by atoms with Crippen molar-refractivity contribution in [3.8, 4) is 5.75 Å². The minimum absolute atomic E-state index is 0.218. The number of halogens is 1. The standard InChI is InChI=1S/C15H11ClO3S2/c16-6-5-11-14(18)12(15-20-7-8-21-15)13(17)9-3-1-2-4-10(9)19-11/h1-4,7-8,11H,5-6H2. The summed E-state index contributed by atoms with van der Waals surface area (Å²) >= 11 is 8.55. The van der Waals surface area contributed by atoms with Gasteiger partial charge in [-0.05, 0) is 22.9 Å². The lowest BCUT2D eigenvalue weighted by atomic mass is 9.99. The van der Waals surface area contributed by atoms with Crippen LogP contribution in [0, 0.1) is 0 Å². The van der Waals surface area contributed by atoms with Crippen molar-refractivity contribution in [1.29, 1.82) is 0 Å². The molecule has 0 amide bonds. The number of fused-ring (bicyclic) bond motifs is 1. The van der Waals surface area contributed by atoms with Crippen LogP contribution in [-0.2, 0) is 4.79 Å². The number of alkyl halides is 1. The lowest BCUT2D eigenvalue weighted by Crippen LogP contribution is -2.29. The first-order chi connectivity index (χ1) is 10.2. The van der Waals surface area contributed by atoms with E-state index >= 15 is 0 Å². The highest BCUT2D eigenvalue weighted by atomic mass is 35.5. The van der Waals surface area contributed by atoms with Gasteiger partial charge in [-0.1, -0.05) is 35.7 Å². The van der Waals surface area contributed by atoms with Gasteiger partial charge in [0.1, 0.15) is 5.75 Å². The second-order valence-electron chi connectivity index (χ2n) is 4.44. The van der Waals surface area contributed by atoms with Crippen molar-refractivity contribution in [3.05, 3.63) is 50.5 Å². The molecule has 6 heteroatoms. The van der Waals surface area contributed by atoms with Gasteiger partial charge in [0, 0.05) is 12.3 Å². The third kappa shape index (κ3) is 2.78. The zero-order valence-electron chi connectivity index (χ0n) is 10.9. The van der Waals surface area contributed by atoms with E-state index in [1.54, 1.807) is 24.3 Å². The van der Waals surface area contributed by atoms with Gasteiger partial charge in [0.2, 0.25) is 11.6 Å². The highest BCUT2D eigenvalue weighted by Gasteiger charge is 2.36. The molecule has 0 radical (unpaired) electrons. The number of rotatable bonds is 2. The molecule has 2 heterocycles. The fraction of sp³-hybridized carbons (Fsp3) is 0.200. The molecule has 0 spiro atoms. The number of carbonyl (C=O) groups is 2. The average molecular weight is 339 g/mol. The average Bonchev–Trinajstić information content (AvgIpc) is 2.98. The van der Waals surface area contributed by atoms with E-state index in [0.29, 0.717) is 27.9 Å². The summed E-state index contributed by atoms with van der Waals surface area (Å²) in [5.74, 6) is 0.193. The van der Waals surface area contributed by atoms with Crippen molar-refractivity contribution >= 4 is 46.7 Å². The highest BCUT2D eigenvalue weighted by molar-refractivity contribution is 8.27. The molecule has 108 valence electrons. The summed E-state index contributed by atoms with van der Waals surface area (Å²) in [6.45, 7) is 0. The van der Waals surface area contributed by atoms with Gasteiger partial charge in [-0.15, -0.1) is 11.6 Å². The smallest absolute Gasteiger partial charge is 0.208 e. The largest absolute Gasteiger partial charge is 0.481 e. The Morgan fingerprint density at radius 3 is 2.57 bits per heavy atom. The summed E-state index contributed by atoms with van der Waals surface area (Å²) in [7, 11) is 0. The molecule has 1 aromatic carbocycles. The summed E-state index contributed by atoms with van der Waals surface area (Å²) < 4.78 is 6.45. The van der Waals surface area contributed by atoms with Crippen LogP contribution in [0.2, 0.25) is 0 Å². The van der Waals surface area contributed by atoms with Crippen molar-refractivity contribution in [2.75, 3.05) is 5.88 Å². The molecule has 0 bridgehead atoms. The normalized spacial score (nSPS) is 21.3. The number of para-hydroxylation sites is 1. The van der Waals surface area contributed by atoms with E-state index in [2.05, 4.69) is 0 Å². The zero-order valence-corrected chi connectivity index (χ0v) is 13.3. The van der Waals surface area contributed by atoms with Gasteiger partial charge in [-0.2, -0.15) is 0 Å². The molecule has 0 aromatic heterocycles. The summed E-state index contributed by atoms with van der Waals surface area (Å²) in [5, 5.41) is 3.73. The molecule has 2 aliphatic rings. The zero-order chi connectivity index (χ0) is 14.8. The molecule has 1 atom stereocenters. The molecule has 3 rings (SSSR count). The third-order valence-electron chi connectivity index (χ3n) is 3.15. The van der Waals surface area contributed by atoms with Crippen LogP contribution in [0.4, 0.5) is 0 Å². The second-order valence-corrected chi connectivity index (χ2v) is 6.91. The molecule has 0 saturated heterocycles. The van der Waals surface area contributed by atoms with Crippen LogP contribution in [0.1, 0.15) is 16.8 Å². The number of hydrogen-bond acceptors (Lipinski definition) is 5. The summed E-state index contributed by atoms with van der Waals surface area (Å²) in [6.07, 6.45) is -0.332. The second kappa shape index (κ2) is 6.30. The molecular formula is C15H11ClO3S2. The molecule has 2 aliphatic heterocycles. The van der Waals surface area contributed by atoms with Crippen LogP contribution in [0.3, 0.4) is 0 Å². The van der Waals surface area contributed by atoms with Crippen molar-refractivity contribution in [1.82, 2.24) is 0 Å². The lowest BCUT2D eigenvalue weighted by molar-refractivity contribution is -0.121. The fourth-order valence-corrected chi connectivity index (χ4v) is 4.25. The van der Waals surface area contributed by atoms with Crippen LogP contribution in [0.25, 0.3) is 0 Å². The monoisotopic (exact) mass is 338 g/mol. The summed E-state index contributed by atoms with van der Waals surface area (Å²) in [6, 6.07) is 6.95. The Labute approximate surface area is 135 Å². The molecule has 0 saturated carbocycles. The Balaban J connectivity index is 2.13. The molecule has 1 unspecified atom stereocenters. The molecule has 21 heavy (non-hydrogen) atoms. The molecule has 0 aliphatic carbocycles. The number of carbonyl (C=O) groups excluding carboxylic acids is 2. The van der Waals surface area contributed by atoms with Crippen molar-refractivity contribution in [3.63, 3.8) is 0 Å². The fourth-order valence-electron chi connectivity index (χ4n) is 2.18. The van der Waals surface area contributed by atoms with E-state index in [1.807, 2.05) is 10.8 Å². The molecule has 0 N–H and O–H groups in total. The number of hydrogen-bond donors (Lipinski definition) is 0. The van der Waals surface area contributed by atoms with Crippen LogP contribution < -0.4 is 4.74 Å². The number of Topliss-reactive ketones (excluding diaryl/α,β-unsaturated/α-hetero) is 2. The summed E-state index contributed by atoms with van der Waals surface area (Å²) in [5.41, 5.74) is 0.647. The Hall–Kier alpha value is -1.17. The van der Waals surface area contributed by atoms with Gasteiger partial charge < -0.3 is 4.74 Å². The number of ketones is 2. The van der Waals surface area contributed by atoms with Gasteiger partial charge in [0.25, 0.3) is 0 Å². The number of benzene rings is 1. The molecule has 3 nitrogen and oxygen atoms in total. The van der Waals surface area contributed by atoms with Gasteiger partial charge in [0.05, 0.1) is 15.4 Å². The quantitative estimate of drug-likeness (QED) is 0.463. The van der Waals surface area contributed by atoms with Crippen molar-refractivity contribution in [2.24, 2.45) is 0 Å². The molecular weight excluding hydrogens is 328 g/mol. The van der Waals surface area contributed by atoms with Gasteiger partial charge in [-0.3, -0.25) is 9.59 Å². The van der Waals surface area contributed by atoms with Crippen molar-refractivity contribution in [2.45, 2.75) is 12.5 Å². The van der Waals surface area contributed by atoms with Gasteiger partial charge in [0.15, 0.2) is 6.10 Å². The highest BCUT2D eigenvalue weighted by Crippen LogP contribution is 2.42. The van der Waals surface area contributed by atoms with Gasteiger partial charge >= 0.3 is 0 Å². The Kier molecular flexibility index (Phi) is 4.42. The van der Waals surface area contributed by atoms with E-state index < -0.39 is 6.10 Å².